The number of halogens is 1. The van der Waals surface area contributed by atoms with Crippen LogP contribution in [-0.4, -0.2) is 43.8 Å². The lowest BCUT2D eigenvalue weighted by molar-refractivity contribution is -0.140. The van der Waals surface area contributed by atoms with Crippen LogP contribution in [0.4, 0.5) is 10.1 Å². The summed E-state index contributed by atoms with van der Waals surface area (Å²) in [6.45, 7) is 6.41. The predicted molar refractivity (Wildman–Crippen MR) is 171 cm³/mol. The molecule has 0 spiro atoms. The molecule has 7 nitrogen and oxygen atoms in total. The highest BCUT2D eigenvalue weighted by molar-refractivity contribution is 7.92. The minimum atomic E-state index is -4.22. The molecule has 2 amide bonds. The van der Waals surface area contributed by atoms with Gasteiger partial charge in [-0.05, 0) is 63.1 Å². The number of sulfonamides is 1. The van der Waals surface area contributed by atoms with E-state index in [4.69, 9.17) is 0 Å². The number of anilines is 1. The van der Waals surface area contributed by atoms with E-state index in [1.54, 1.807) is 61.5 Å². The van der Waals surface area contributed by atoms with E-state index in [0.717, 1.165) is 15.4 Å². The maximum Gasteiger partial charge on any atom is 0.264 e. The van der Waals surface area contributed by atoms with Gasteiger partial charge in [-0.15, -0.1) is 0 Å². The lowest BCUT2D eigenvalue weighted by atomic mass is 10.0. The predicted octanol–water partition coefficient (Wildman–Crippen LogP) is 5.80. The lowest BCUT2D eigenvalue weighted by Gasteiger charge is -2.34. The average molecular weight is 616 g/mol. The summed E-state index contributed by atoms with van der Waals surface area (Å²) >= 11 is 0. The number of carbonyl (C=O) groups is 2. The van der Waals surface area contributed by atoms with Crippen LogP contribution in [0.5, 0.6) is 0 Å². The Hall–Kier alpha value is -4.50. The lowest BCUT2D eigenvalue weighted by Crippen LogP contribution is -2.54. The first kappa shape index (κ1) is 32.4. The molecule has 0 aliphatic heterocycles. The zero-order valence-corrected chi connectivity index (χ0v) is 26.2. The Bertz CT molecular complexity index is 1690. The van der Waals surface area contributed by atoms with Gasteiger partial charge < -0.3 is 10.2 Å². The summed E-state index contributed by atoms with van der Waals surface area (Å²) in [7, 11) is -4.22. The van der Waals surface area contributed by atoms with Crippen molar-refractivity contribution in [1.29, 1.82) is 0 Å². The smallest absolute Gasteiger partial charge is 0.264 e. The molecule has 4 rings (SSSR count). The van der Waals surface area contributed by atoms with E-state index in [1.807, 2.05) is 51.1 Å². The summed E-state index contributed by atoms with van der Waals surface area (Å²) in [6, 6.07) is 27.3. The van der Waals surface area contributed by atoms with Gasteiger partial charge in [0.25, 0.3) is 10.0 Å². The minimum absolute atomic E-state index is 0.0261. The molecule has 0 fully saturated rings. The zero-order chi connectivity index (χ0) is 31.9. The van der Waals surface area contributed by atoms with Crippen LogP contribution in [0.3, 0.4) is 0 Å². The molecule has 230 valence electrons. The van der Waals surface area contributed by atoms with Crippen molar-refractivity contribution in [2.45, 2.75) is 57.6 Å². The first-order valence-corrected chi connectivity index (χ1v) is 15.9. The molecule has 0 aliphatic carbocycles. The van der Waals surface area contributed by atoms with Crippen LogP contribution < -0.4 is 9.62 Å². The van der Waals surface area contributed by atoms with E-state index < -0.39 is 40.2 Å². The number of para-hydroxylation sites is 1. The Labute approximate surface area is 259 Å². The van der Waals surface area contributed by atoms with Gasteiger partial charge in [-0.2, -0.15) is 0 Å². The highest BCUT2D eigenvalue weighted by Gasteiger charge is 2.35. The molecule has 0 saturated heterocycles. The van der Waals surface area contributed by atoms with Crippen LogP contribution in [0.1, 0.15) is 36.1 Å². The van der Waals surface area contributed by atoms with E-state index in [0.29, 0.717) is 11.3 Å². The van der Waals surface area contributed by atoms with Crippen molar-refractivity contribution >= 4 is 27.5 Å². The van der Waals surface area contributed by atoms with Gasteiger partial charge in [0.2, 0.25) is 11.8 Å². The molecule has 0 radical (unpaired) electrons. The van der Waals surface area contributed by atoms with E-state index in [-0.39, 0.29) is 29.5 Å². The molecule has 0 saturated carbocycles. The fraction of sp³-hybridized carbons (Fsp3) is 0.257. The number of carbonyl (C=O) groups excluding carboxylic acids is 2. The van der Waals surface area contributed by atoms with Crippen LogP contribution >= 0.6 is 0 Å². The summed E-state index contributed by atoms with van der Waals surface area (Å²) in [5.41, 5.74) is 2.87. The van der Waals surface area contributed by atoms with Gasteiger partial charge in [0.05, 0.1) is 10.6 Å². The molecule has 4 aromatic rings. The molecule has 0 aliphatic rings. The van der Waals surface area contributed by atoms with Gasteiger partial charge in [-0.1, -0.05) is 84.4 Å². The van der Waals surface area contributed by atoms with Crippen molar-refractivity contribution in [2.75, 3.05) is 10.8 Å². The summed E-state index contributed by atoms with van der Waals surface area (Å²) < 4.78 is 44.3. The molecule has 1 atom stereocenters. The summed E-state index contributed by atoms with van der Waals surface area (Å²) in [5, 5.41) is 2.90. The molecule has 0 aromatic heterocycles. The summed E-state index contributed by atoms with van der Waals surface area (Å²) in [5.74, 6) is -1.60. The zero-order valence-electron chi connectivity index (χ0n) is 25.4. The van der Waals surface area contributed by atoms with Gasteiger partial charge in [-0.3, -0.25) is 13.9 Å². The topological polar surface area (TPSA) is 86.8 Å². The quantitative estimate of drug-likeness (QED) is 0.218. The van der Waals surface area contributed by atoms with Crippen LogP contribution in [0, 0.1) is 19.7 Å². The maximum absolute atomic E-state index is 15.0. The molecular weight excluding hydrogens is 577 g/mol. The van der Waals surface area contributed by atoms with Gasteiger partial charge in [-0.25, -0.2) is 12.8 Å². The first-order chi connectivity index (χ1) is 21.0. The normalized spacial score (nSPS) is 12.0. The highest BCUT2D eigenvalue weighted by atomic mass is 32.2. The molecule has 1 N–H and O–H groups in total. The third-order valence-electron chi connectivity index (χ3n) is 7.27. The Balaban J connectivity index is 1.82. The number of benzene rings is 4. The Kier molecular flexibility index (Phi) is 10.5. The largest absolute Gasteiger partial charge is 0.352 e. The van der Waals surface area contributed by atoms with Crippen molar-refractivity contribution in [3.63, 3.8) is 0 Å². The number of hydrogen-bond acceptors (Lipinski definition) is 4. The standard InChI is InChI=1S/C35H38FN3O4S/c1-25(2)37-35(41)33(22-28-13-6-5-7-14-28)38(23-29-15-9-10-16-31(29)36)34(40)24-39(32-17-11-8-12-27(32)4)44(42,43)30-20-18-26(3)19-21-30/h5-21,25,33H,22-24H2,1-4H3,(H,37,41)/t33-/m1/s1. The van der Waals surface area contributed by atoms with Crippen LogP contribution in [-0.2, 0) is 32.6 Å². The van der Waals surface area contributed by atoms with Crippen molar-refractivity contribution in [3.8, 4) is 0 Å². The fourth-order valence-corrected chi connectivity index (χ4v) is 6.42. The third kappa shape index (κ3) is 7.90. The van der Waals surface area contributed by atoms with Crippen molar-refractivity contribution in [2.24, 2.45) is 0 Å². The molecule has 0 unspecified atom stereocenters. The van der Waals surface area contributed by atoms with Gasteiger partial charge >= 0.3 is 0 Å². The molecule has 0 bridgehead atoms. The number of nitrogens with zero attached hydrogens (tertiary/aromatic N) is 2. The molecule has 4 aromatic carbocycles. The van der Waals surface area contributed by atoms with Gasteiger partial charge in [0.15, 0.2) is 0 Å². The van der Waals surface area contributed by atoms with Crippen LogP contribution in [0.25, 0.3) is 0 Å². The number of amides is 2. The number of nitrogens with one attached hydrogen (secondary N) is 1. The average Bonchev–Trinajstić information content (AvgIpc) is 2.99. The Morgan fingerprint density at radius 1 is 0.818 bits per heavy atom. The molecular formula is C35H38FN3O4S. The second-order valence-corrected chi connectivity index (χ2v) is 13.0. The monoisotopic (exact) mass is 615 g/mol. The maximum atomic E-state index is 15.0. The molecule has 44 heavy (non-hydrogen) atoms. The minimum Gasteiger partial charge on any atom is -0.352 e. The molecule has 0 heterocycles. The van der Waals surface area contributed by atoms with E-state index in [1.165, 1.54) is 23.1 Å². The summed E-state index contributed by atoms with van der Waals surface area (Å²) in [6.07, 6.45) is 0.147. The second kappa shape index (κ2) is 14.3. The first-order valence-electron chi connectivity index (χ1n) is 14.5. The SMILES string of the molecule is Cc1ccc(S(=O)(=O)N(CC(=O)N(Cc2ccccc2F)[C@H](Cc2ccccc2)C(=O)NC(C)C)c2ccccc2C)cc1. The second-order valence-electron chi connectivity index (χ2n) is 11.1. The van der Waals surface area contributed by atoms with Crippen molar-refractivity contribution in [1.82, 2.24) is 10.2 Å². The highest BCUT2D eigenvalue weighted by Crippen LogP contribution is 2.28. The number of rotatable bonds is 12. The number of aryl methyl sites for hydroxylation is 2. The Morgan fingerprint density at radius 3 is 2.07 bits per heavy atom. The number of hydrogen-bond donors (Lipinski definition) is 1. The van der Waals surface area contributed by atoms with Crippen molar-refractivity contribution in [3.05, 3.63) is 131 Å². The summed E-state index contributed by atoms with van der Waals surface area (Å²) in [4.78, 5) is 29.5. The van der Waals surface area contributed by atoms with E-state index in [9.17, 15) is 22.4 Å². The van der Waals surface area contributed by atoms with E-state index in [2.05, 4.69) is 5.32 Å². The third-order valence-corrected chi connectivity index (χ3v) is 9.05. The van der Waals surface area contributed by atoms with Crippen LogP contribution in [0.15, 0.2) is 108 Å². The van der Waals surface area contributed by atoms with Gasteiger partial charge in [0, 0.05) is 24.6 Å². The fourth-order valence-electron chi connectivity index (χ4n) is 4.94. The van der Waals surface area contributed by atoms with Crippen LogP contribution in [0.2, 0.25) is 0 Å². The van der Waals surface area contributed by atoms with Crippen molar-refractivity contribution < 1.29 is 22.4 Å². The van der Waals surface area contributed by atoms with E-state index >= 15 is 0 Å². The Morgan fingerprint density at radius 2 is 1.43 bits per heavy atom. The molecule has 9 heteroatoms. The van der Waals surface area contributed by atoms with Gasteiger partial charge in [0.1, 0.15) is 18.4 Å².